The van der Waals surface area contributed by atoms with Crippen LogP contribution in [-0.4, -0.2) is 69.7 Å². The molecule has 4 rings (SSSR count). The van der Waals surface area contributed by atoms with Crippen LogP contribution in [0.15, 0.2) is 22.7 Å². The predicted molar refractivity (Wildman–Crippen MR) is 108 cm³/mol. The highest BCUT2D eigenvalue weighted by Gasteiger charge is 2.71. The molecular formula is C19H17ClN2O10S. The third-order valence-electron chi connectivity index (χ3n) is 5.89. The number of sulfone groups is 1. The summed E-state index contributed by atoms with van der Waals surface area (Å²) in [4.78, 5) is 36.8. The van der Waals surface area contributed by atoms with Gasteiger partial charge in [-0.25, -0.2) is 18.0 Å². The number of carboxylic acid groups (broad SMARTS) is 1. The van der Waals surface area contributed by atoms with E-state index in [0.29, 0.717) is 0 Å². The first-order valence-electron chi connectivity index (χ1n) is 9.52. The zero-order chi connectivity index (χ0) is 24.3. The van der Waals surface area contributed by atoms with E-state index in [2.05, 4.69) is 5.16 Å². The van der Waals surface area contributed by atoms with Crippen molar-refractivity contribution in [1.29, 1.82) is 0 Å². The maximum absolute atomic E-state index is 13.0. The van der Waals surface area contributed by atoms with Gasteiger partial charge in [-0.3, -0.25) is 4.79 Å². The van der Waals surface area contributed by atoms with E-state index in [4.69, 9.17) is 20.9 Å². The summed E-state index contributed by atoms with van der Waals surface area (Å²) < 4.78 is 34.2. The van der Waals surface area contributed by atoms with E-state index in [0.717, 1.165) is 17.0 Å². The number of ether oxygens (including phenoxy) is 1. The van der Waals surface area contributed by atoms with Crippen LogP contribution in [0.5, 0.6) is 11.5 Å². The molecule has 1 amide bonds. The quantitative estimate of drug-likeness (QED) is 0.289. The van der Waals surface area contributed by atoms with Crippen LogP contribution in [0, 0.1) is 0 Å². The molecule has 0 aliphatic carbocycles. The number of rotatable bonds is 6. The number of halogens is 1. The van der Waals surface area contributed by atoms with Gasteiger partial charge < -0.3 is 29.5 Å². The second kappa shape index (κ2) is 7.63. The van der Waals surface area contributed by atoms with Gasteiger partial charge in [0.25, 0.3) is 0 Å². The molecule has 176 valence electrons. The molecule has 3 heterocycles. The number of carbonyl (C=O) groups excluding carboxylic acids is 2. The molecule has 1 aromatic heterocycles. The molecule has 0 saturated carbocycles. The number of amides is 1. The molecule has 14 heteroatoms. The fraction of sp³-hybridized carbons (Fsp3) is 0.368. The number of aliphatic carboxylic acids is 1. The highest BCUT2D eigenvalue weighted by Crippen LogP contribution is 2.51. The smallest absolute Gasteiger partial charge is 0.339 e. The van der Waals surface area contributed by atoms with Crippen molar-refractivity contribution in [3.8, 4) is 11.5 Å². The molecule has 2 saturated heterocycles. The highest BCUT2D eigenvalue weighted by molar-refractivity contribution is 7.93. The summed E-state index contributed by atoms with van der Waals surface area (Å²) >= 11 is 5.81. The van der Waals surface area contributed by atoms with E-state index in [-0.39, 0.29) is 41.5 Å². The molecule has 0 unspecified atom stereocenters. The number of phenolic OH excluding ortho intramolecular Hbond substituents is 2. The molecule has 1 aromatic carbocycles. The van der Waals surface area contributed by atoms with Gasteiger partial charge in [0.15, 0.2) is 27.4 Å². The van der Waals surface area contributed by atoms with Gasteiger partial charge in [0.2, 0.25) is 5.91 Å². The number of hydrogen-bond acceptors (Lipinski definition) is 10. The van der Waals surface area contributed by atoms with Crippen molar-refractivity contribution in [1.82, 2.24) is 10.1 Å². The van der Waals surface area contributed by atoms with Gasteiger partial charge in [-0.2, -0.15) is 0 Å². The standard InChI is InChI=1S/C19H17ClN2O10S/c1-19(16(17(26)27)22-12(24)7-13(22)33(19,29)30)11-6-8(32-21-11)4-5-31-18(28)9-2-3-10(23)15(25)14(9)20/h2-3,6,13,16,23,25H,4-5,7H2,1H3,(H,26,27)/t13-,16+,19+/m1/s1. The number of carboxylic acids is 1. The first-order valence-corrected chi connectivity index (χ1v) is 11.4. The number of hydrogen-bond donors (Lipinski definition) is 3. The normalized spacial score (nSPS) is 25.4. The Morgan fingerprint density at radius 3 is 2.70 bits per heavy atom. The molecule has 0 radical (unpaired) electrons. The number of aromatic nitrogens is 1. The van der Waals surface area contributed by atoms with Crippen LogP contribution in [-0.2, 0) is 35.3 Å². The van der Waals surface area contributed by atoms with Crippen LogP contribution < -0.4 is 0 Å². The van der Waals surface area contributed by atoms with E-state index in [9.17, 15) is 38.1 Å². The fourth-order valence-electron chi connectivity index (χ4n) is 4.01. The summed E-state index contributed by atoms with van der Waals surface area (Å²) in [5.41, 5.74) is -0.363. The Morgan fingerprint density at radius 1 is 1.36 bits per heavy atom. The van der Waals surface area contributed by atoms with Crippen LogP contribution in [0.3, 0.4) is 0 Å². The first kappa shape index (κ1) is 22.9. The van der Waals surface area contributed by atoms with Crippen molar-refractivity contribution >= 4 is 39.3 Å². The molecule has 33 heavy (non-hydrogen) atoms. The molecule has 12 nitrogen and oxygen atoms in total. The monoisotopic (exact) mass is 500 g/mol. The summed E-state index contributed by atoms with van der Waals surface area (Å²) in [5, 5.41) is 30.7. The minimum Gasteiger partial charge on any atom is -0.504 e. The van der Waals surface area contributed by atoms with Gasteiger partial charge in [0.05, 0.1) is 18.6 Å². The third-order valence-corrected chi connectivity index (χ3v) is 9.00. The number of carbonyl (C=O) groups is 3. The van der Waals surface area contributed by atoms with Crippen LogP contribution in [0.4, 0.5) is 0 Å². The maximum atomic E-state index is 13.0. The minimum absolute atomic E-state index is 0.0413. The predicted octanol–water partition coefficient (Wildman–Crippen LogP) is 0.794. The van der Waals surface area contributed by atoms with E-state index < -0.39 is 55.3 Å². The van der Waals surface area contributed by atoms with Crippen molar-refractivity contribution in [2.45, 2.75) is 35.9 Å². The molecular weight excluding hydrogens is 484 g/mol. The highest BCUT2D eigenvalue weighted by atomic mass is 35.5. The Morgan fingerprint density at radius 2 is 2.06 bits per heavy atom. The first-order chi connectivity index (χ1) is 15.4. The van der Waals surface area contributed by atoms with Crippen molar-refractivity contribution in [2.24, 2.45) is 0 Å². The fourth-order valence-corrected chi connectivity index (χ4v) is 6.63. The van der Waals surface area contributed by atoms with Crippen molar-refractivity contribution < 1.29 is 47.4 Å². The summed E-state index contributed by atoms with van der Waals surface area (Å²) in [7, 11) is -4.12. The second-order valence-electron chi connectivity index (χ2n) is 7.71. The molecule has 3 N–H and O–H groups in total. The van der Waals surface area contributed by atoms with Crippen molar-refractivity contribution in [3.63, 3.8) is 0 Å². The lowest BCUT2D eigenvalue weighted by atomic mass is 9.93. The molecule has 2 fully saturated rings. The Labute approximate surface area is 191 Å². The number of esters is 1. The van der Waals surface area contributed by atoms with Gasteiger partial charge in [-0.05, 0) is 19.1 Å². The van der Waals surface area contributed by atoms with Gasteiger partial charge in [0.1, 0.15) is 26.6 Å². The van der Waals surface area contributed by atoms with E-state index >= 15 is 0 Å². The maximum Gasteiger partial charge on any atom is 0.339 e. The summed E-state index contributed by atoms with van der Waals surface area (Å²) in [6, 6.07) is 1.82. The van der Waals surface area contributed by atoms with Crippen LogP contribution in [0.25, 0.3) is 0 Å². The largest absolute Gasteiger partial charge is 0.504 e. The lowest BCUT2D eigenvalue weighted by Gasteiger charge is -2.35. The Hall–Kier alpha value is -3.32. The lowest BCUT2D eigenvalue weighted by Crippen LogP contribution is -2.57. The zero-order valence-electron chi connectivity index (χ0n) is 16.9. The van der Waals surface area contributed by atoms with Crippen molar-refractivity contribution in [2.75, 3.05) is 6.61 Å². The average molecular weight is 501 g/mol. The minimum atomic E-state index is -4.12. The number of fused-ring (bicyclic) bond motifs is 1. The van der Waals surface area contributed by atoms with Crippen LogP contribution in [0.2, 0.25) is 5.02 Å². The Balaban J connectivity index is 1.50. The van der Waals surface area contributed by atoms with E-state index in [1.165, 1.54) is 13.0 Å². The molecule has 2 aliphatic heterocycles. The second-order valence-corrected chi connectivity index (χ2v) is 10.6. The SMILES string of the molecule is C[C@]1(c2cc(CCOC(=O)c3ccc(O)c(O)c3Cl)on2)[C@H](C(=O)O)N2C(=O)C[C@H]2S1(=O)=O. The van der Waals surface area contributed by atoms with Gasteiger partial charge in [-0.1, -0.05) is 16.8 Å². The number of benzene rings is 1. The molecule has 0 bridgehead atoms. The summed E-state index contributed by atoms with van der Waals surface area (Å²) in [5.74, 6) is -4.02. The number of aromatic hydroxyl groups is 2. The van der Waals surface area contributed by atoms with Gasteiger partial charge in [-0.15, -0.1) is 0 Å². The molecule has 2 aliphatic rings. The molecule has 3 atom stereocenters. The van der Waals surface area contributed by atoms with Crippen molar-refractivity contribution in [3.05, 3.63) is 40.2 Å². The van der Waals surface area contributed by atoms with Gasteiger partial charge >= 0.3 is 11.9 Å². The lowest BCUT2D eigenvalue weighted by molar-refractivity contribution is -0.157. The molecule has 0 spiro atoms. The Bertz CT molecular complexity index is 1290. The van der Waals surface area contributed by atoms with Crippen LogP contribution >= 0.6 is 11.6 Å². The third kappa shape index (κ3) is 3.22. The van der Waals surface area contributed by atoms with Crippen LogP contribution in [0.1, 0.15) is 35.2 Å². The number of β-lactam (4-membered cyclic amide) rings is 1. The van der Waals surface area contributed by atoms with E-state index in [1.54, 1.807) is 0 Å². The zero-order valence-corrected chi connectivity index (χ0v) is 18.5. The number of nitrogens with zero attached hydrogens (tertiary/aromatic N) is 2. The summed E-state index contributed by atoms with van der Waals surface area (Å²) in [6.07, 6.45) is -0.335. The van der Waals surface area contributed by atoms with E-state index in [1.807, 2.05) is 0 Å². The average Bonchev–Trinajstić information content (AvgIpc) is 3.26. The topological polar surface area (TPSA) is 185 Å². The summed E-state index contributed by atoms with van der Waals surface area (Å²) in [6.45, 7) is 0.943. The number of phenols is 2. The Kier molecular flexibility index (Phi) is 5.28. The van der Waals surface area contributed by atoms with Gasteiger partial charge in [0, 0.05) is 12.5 Å². The molecule has 2 aromatic rings.